The van der Waals surface area contributed by atoms with E-state index in [1.807, 2.05) is 15.9 Å². The number of rotatable bonds is 4. The second kappa shape index (κ2) is 8.90. The predicted octanol–water partition coefficient (Wildman–Crippen LogP) is 4.13. The number of carbonyl (C=O) groups excluding carboxylic acids is 1. The molecule has 1 N–H and O–H groups in total. The largest absolute Gasteiger partial charge is 0.417 e. The third kappa shape index (κ3) is 5.01. The number of hydrogen-bond donors (Lipinski definition) is 1. The van der Waals surface area contributed by atoms with Crippen molar-refractivity contribution in [1.29, 1.82) is 5.26 Å². The highest BCUT2D eigenvalue weighted by atomic mass is 35.5. The first-order valence-corrected chi connectivity index (χ1v) is 9.39. The van der Waals surface area contributed by atoms with E-state index in [9.17, 15) is 22.4 Å². The molecule has 1 aliphatic rings. The van der Waals surface area contributed by atoms with Gasteiger partial charge in [0.1, 0.15) is 17.4 Å². The van der Waals surface area contributed by atoms with Gasteiger partial charge < -0.3 is 10.2 Å². The topological polar surface area (TPSA) is 59.4 Å². The van der Waals surface area contributed by atoms with Crippen LogP contribution < -0.4 is 10.2 Å². The van der Waals surface area contributed by atoms with E-state index in [4.69, 9.17) is 16.9 Å². The number of piperazine rings is 1. The van der Waals surface area contributed by atoms with Gasteiger partial charge in [0, 0.05) is 31.9 Å². The summed E-state index contributed by atoms with van der Waals surface area (Å²) in [5.74, 6) is -1.04. The van der Waals surface area contributed by atoms with Gasteiger partial charge >= 0.3 is 6.18 Å². The van der Waals surface area contributed by atoms with Gasteiger partial charge in [-0.1, -0.05) is 17.7 Å². The number of nitriles is 1. The molecule has 2 aromatic carbocycles. The first-order valence-electron chi connectivity index (χ1n) is 9.01. The highest BCUT2D eigenvalue weighted by Gasteiger charge is 2.33. The van der Waals surface area contributed by atoms with Crippen molar-refractivity contribution in [2.75, 3.05) is 42.9 Å². The van der Waals surface area contributed by atoms with E-state index in [-0.39, 0.29) is 17.8 Å². The molecule has 0 aromatic heterocycles. The second-order valence-corrected chi connectivity index (χ2v) is 7.16. The van der Waals surface area contributed by atoms with Crippen LogP contribution in [0, 0.1) is 17.1 Å². The minimum atomic E-state index is -4.62. The summed E-state index contributed by atoms with van der Waals surface area (Å²) in [6.45, 7) is 1.90. The van der Waals surface area contributed by atoms with E-state index in [0.717, 1.165) is 12.1 Å². The molecule has 0 atom stereocenters. The highest BCUT2D eigenvalue weighted by Crippen LogP contribution is 2.36. The number of halogens is 5. The van der Waals surface area contributed by atoms with Crippen LogP contribution in [0.2, 0.25) is 5.02 Å². The summed E-state index contributed by atoms with van der Waals surface area (Å²) >= 11 is 5.58. The summed E-state index contributed by atoms with van der Waals surface area (Å²) in [6, 6.07) is 9.49. The van der Waals surface area contributed by atoms with Crippen molar-refractivity contribution >= 4 is 28.9 Å². The zero-order valence-electron chi connectivity index (χ0n) is 15.6. The number of amides is 1. The molecule has 0 unspecified atom stereocenters. The molecule has 0 spiro atoms. The van der Waals surface area contributed by atoms with Crippen LogP contribution in [0.1, 0.15) is 11.1 Å². The normalized spacial score (nSPS) is 15.0. The number of carbonyl (C=O) groups is 1. The Kier molecular flexibility index (Phi) is 6.48. The van der Waals surface area contributed by atoms with E-state index in [0.29, 0.717) is 31.9 Å². The Labute approximate surface area is 175 Å². The van der Waals surface area contributed by atoms with Gasteiger partial charge in [-0.25, -0.2) is 4.39 Å². The van der Waals surface area contributed by atoms with Crippen LogP contribution in [0.5, 0.6) is 0 Å². The molecule has 0 radical (unpaired) electrons. The summed E-state index contributed by atoms with van der Waals surface area (Å²) in [7, 11) is 0. The first kappa shape index (κ1) is 21.9. The predicted molar refractivity (Wildman–Crippen MR) is 105 cm³/mol. The van der Waals surface area contributed by atoms with Crippen molar-refractivity contribution in [3.8, 4) is 6.07 Å². The van der Waals surface area contributed by atoms with E-state index < -0.39 is 28.5 Å². The van der Waals surface area contributed by atoms with Crippen molar-refractivity contribution in [3.63, 3.8) is 0 Å². The fourth-order valence-electron chi connectivity index (χ4n) is 3.26. The molecule has 1 fully saturated rings. The van der Waals surface area contributed by atoms with Crippen molar-refractivity contribution in [2.45, 2.75) is 6.18 Å². The standard InChI is InChI=1S/C20H17ClF4N4O/c21-16-5-4-13(10-15(16)20(23,24)25)27-19(30)12-28-6-8-29(9-7-28)18-3-1-2-17(22)14(18)11-26/h1-5,10H,6-9,12H2,(H,27,30). The number of nitrogens with zero attached hydrogens (tertiary/aromatic N) is 3. The lowest BCUT2D eigenvalue weighted by atomic mass is 10.1. The van der Waals surface area contributed by atoms with Crippen LogP contribution in [0.25, 0.3) is 0 Å². The lowest BCUT2D eigenvalue weighted by molar-refractivity contribution is -0.137. The minimum Gasteiger partial charge on any atom is -0.368 e. The highest BCUT2D eigenvalue weighted by molar-refractivity contribution is 6.31. The number of benzene rings is 2. The summed E-state index contributed by atoms with van der Waals surface area (Å²) in [4.78, 5) is 15.9. The fourth-order valence-corrected chi connectivity index (χ4v) is 3.48. The third-order valence-electron chi connectivity index (χ3n) is 4.74. The van der Waals surface area contributed by atoms with Crippen molar-refractivity contribution in [2.24, 2.45) is 0 Å². The summed E-state index contributed by atoms with van der Waals surface area (Å²) < 4.78 is 52.6. The Morgan fingerprint density at radius 2 is 1.87 bits per heavy atom. The smallest absolute Gasteiger partial charge is 0.368 e. The molecular weight excluding hydrogens is 424 g/mol. The number of anilines is 2. The molecule has 5 nitrogen and oxygen atoms in total. The first-order chi connectivity index (χ1) is 14.2. The molecule has 158 valence electrons. The molecule has 0 aliphatic carbocycles. The van der Waals surface area contributed by atoms with E-state index in [1.165, 1.54) is 18.2 Å². The molecule has 1 saturated heterocycles. The summed E-state index contributed by atoms with van der Waals surface area (Å²) in [6.07, 6.45) is -4.62. The molecule has 1 amide bonds. The molecule has 0 saturated carbocycles. The van der Waals surface area contributed by atoms with Crippen molar-refractivity contribution in [1.82, 2.24) is 4.90 Å². The van der Waals surface area contributed by atoms with E-state index >= 15 is 0 Å². The number of hydrogen-bond acceptors (Lipinski definition) is 4. The average Bonchev–Trinajstić information content (AvgIpc) is 2.69. The van der Waals surface area contributed by atoms with Crippen LogP contribution in [-0.2, 0) is 11.0 Å². The van der Waals surface area contributed by atoms with Gasteiger partial charge in [-0.2, -0.15) is 18.4 Å². The van der Waals surface area contributed by atoms with Crippen LogP contribution in [0.3, 0.4) is 0 Å². The van der Waals surface area contributed by atoms with E-state index in [2.05, 4.69) is 5.32 Å². The lowest BCUT2D eigenvalue weighted by Gasteiger charge is -2.36. The second-order valence-electron chi connectivity index (χ2n) is 6.75. The average molecular weight is 441 g/mol. The maximum absolute atomic E-state index is 13.8. The lowest BCUT2D eigenvalue weighted by Crippen LogP contribution is -2.48. The van der Waals surface area contributed by atoms with Gasteiger partial charge in [0.25, 0.3) is 0 Å². The Morgan fingerprint density at radius 1 is 1.17 bits per heavy atom. The van der Waals surface area contributed by atoms with Crippen LogP contribution in [-0.4, -0.2) is 43.5 Å². The Hall–Kier alpha value is -2.83. The molecule has 0 bridgehead atoms. The molecule has 10 heteroatoms. The molecule has 1 aliphatic heterocycles. The number of alkyl halides is 3. The fraction of sp³-hybridized carbons (Fsp3) is 0.300. The van der Waals surface area contributed by atoms with E-state index in [1.54, 1.807) is 6.07 Å². The van der Waals surface area contributed by atoms with Crippen LogP contribution >= 0.6 is 11.6 Å². The molecule has 3 rings (SSSR count). The zero-order valence-corrected chi connectivity index (χ0v) is 16.4. The van der Waals surface area contributed by atoms with Crippen molar-refractivity contribution in [3.05, 3.63) is 58.4 Å². The summed E-state index contributed by atoms with van der Waals surface area (Å²) in [5.41, 5.74) is -0.526. The van der Waals surface area contributed by atoms with Crippen molar-refractivity contribution < 1.29 is 22.4 Å². The van der Waals surface area contributed by atoms with Gasteiger partial charge in [-0.3, -0.25) is 9.69 Å². The molecule has 2 aromatic rings. The van der Waals surface area contributed by atoms with Crippen LogP contribution in [0.4, 0.5) is 28.9 Å². The Bertz CT molecular complexity index is 982. The summed E-state index contributed by atoms with van der Waals surface area (Å²) in [5, 5.41) is 11.2. The maximum Gasteiger partial charge on any atom is 0.417 e. The number of nitrogens with one attached hydrogen (secondary N) is 1. The Balaban J connectivity index is 1.58. The molecule has 30 heavy (non-hydrogen) atoms. The van der Waals surface area contributed by atoms with Gasteiger partial charge in [0.15, 0.2) is 0 Å². The van der Waals surface area contributed by atoms with Crippen LogP contribution in [0.15, 0.2) is 36.4 Å². The van der Waals surface area contributed by atoms with Gasteiger partial charge in [0.2, 0.25) is 5.91 Å². The van der Waals surface area contributed by atoms with Gasteiger partial charge in [-0.15, -0.1) is 0 Å². The van der Waals surface area contributed by atoms with Gasteiger partial charge in [-0.05, 0) is 30.3 Å². The molecule has 1 heterocycles. The monoisotopic (exact) mass is 440 g/mol. The zero-order chi connectivity index (χ0) is 21.9. The third-order valence-corrected chi connectivity index (χ3v) is 5.07. The Morgan fingerprint density at radius 3 is 2.50 bits per heavy atom. The van der Waals surface area contributed by atoms with Gasteiger partial charge in [0.05, 0.1) is 22.8 Å². The quantitative estimate of drug-likeness (QED) is 0.726. The maximum atomic E-state index is 13.8. The molecular formula is C20H17ClF4N4O. The SMILES string of the molecule is N#Cc1c(F)cccc1N1CCN(CC(=O)Nc2ccc(Cl)c(C(F)(F)F)c2)CC1. The minimum absolute atomic E-state index is 0.00786.